The van der Waals surface area contributed by atoms with Gasteiger partial charge in [-0.2, -0.15) is 5.10 Å². The Labute approximate surface area is 133 Å². The van der Waals surface area contributed by atoms with Crippen LogP contribution in [0, 0.1) is 12.8 Å². The molecule has 4 heterocycles. The Morgan fingerprint density at radius 2 is 2.32 bits per heavy atom. The van der Waals surface area contributed by atoms with Crippen LogP contribution in [0.2, 0.25) is 0 Å². The van der Waals surface area contributed by atoms with Crippen molar-refractivity contribution in [3.63, 3.8) is 0 Å². The van der Waals surface area contributed by atoms with Gasteiger partial charge in [0.25, 0.3) is 0 Å². The van der Waals surface area contributed by atoms with Crippen LogP contribution >= 0.6 is 11.3 Å². The molecule has 1 aliphatic rings. The van der Waals surface area contributed by atoms with E-state index in [2.05, 4.69) is 26.5 Å². The lowest BCUT2D eigenvalue weighted by molar-refractivity contribution is 0.366. The number of imidazole rings is 1. The van der Waals surface area contributed by atoms with Crippen molar-refractivity contribution in [1.82, 2.24) is 24.3 Å². The van der Waals surface area contributed by atoms with E-state index in [1.54, 1.807) is 11.3 Å². The van der Waals surface area contributed by atoms with Crippen molar-refractivity contribution < 1.29 is 0 Å². The molecule has 1 fully saturated rings. The molecule has 0 radical (unpaired) electrons. The van der Waals surface area contributed by atoms with Gasteiger partial charge >= 0.3 is 0 Å². The van der Waals surface area contributed by atoms with Crippen molar-refractivity contribution >= 4 is 26.8 Å². The molecule has 1 aliphatic heterocycles. The van der Waals surface area contributed by atoms with Crippen LogP contribution in [0.5, 0.6) is 0 Å². The average molecular weight is 316 g/mol. The predicted octanol–water partition coefficient (Wildman–Crippen LogP) is 2.45. The molecule has 0 amide bonds. The van der Waals surface area contributed by atoms with E-state index in [1.165, 1.54) is 17.5 Å². The number of aromatic nitrogens is 5. The molecule has 3 aromatic heterocycles. The van der Waals surface area contributed by atoms with Crippen molar-refractivity contribution in [3.05, 3.63) is 24.4 Å². The predicted molar refractivity (Wildman–Crippen MR) is 88.3 cm³/mol. The molecule has 22 heavy (non-hydrogen) atoms. The summed E-state index contributed by atoms with van der Waals surface area (Å²) in [6.07, 6.45) is 8.31. The first kappa shape index (κ1) is 13.8. The first-order valence-electron chi connectivity index (χ1n) is 7.71. The fourth-order valence-electron chi connectivity index (χ4n) is 3.29. The Bertz CT molecular complexity index is 737. The van der Waals surface area contributed by atoms with Gasteiger partial charge in [0.1, 0.15) is 0 Å². The molecule has 0 saturated carbocycles. The smallest absolute Gasteiger partial charge is 0.188 e. The zero-order valence-electron chi connectivity index (χ0n) is 12.9. The summed E-state index contributed by atoms with van der Waals surface area (Å²) in [6, 6.07) is 0. The minimum atomic E-state index is 0.661. The van der Waals surface area contributed by atoms with Gasteiger partial charge in [-0.3, -0.25) is 0 Å². The van der Waals surface area contributed by atoms with Crippen molar-refractivity contribution in [2.24, 2.45) is 13.0 Å². The number of hydrogen-bond donors (Lipinski definition) is 0. The molecule has 0 spiro atoms. The highest BCUT2D eigenvalue weighted by Gasteiger charge is 2.23. The largest absolute Gasteiger partial charge is 0.348 e. The van der Waals surface area contributed by atoms with Crippen LogP contribution in [-0.4, -0.2) is 37.4 Å². The lowest BCUT2D eigenvalue weighted by Gasteiger charge is -2.32. The van der Waals surface area contributed by atoms with Crippen molar-refractivity contribution in [1.29, 1.82) is 0 Å². The van der Waals surface area contributed by atoms with E-state index in [0.717, 1.165) is 36.1 Å². The normalized spacial score (nSPS) is 19.2. The maximum atomic E-state index is 4.81. The molecule has 7 heteroatoms. The van der Waals surface area contributed by atoms with E-state index in [-0.39, 0.29) is 0 Å². The summed E-state index contributed by atoms with van der Waals surface area (Å²) in [7, 11) is 1.97. The summed E-state index contributed by atoms with van der Waals surface area (Å²) in [5, 5.41) is 5.58. The molecule has 1 saturated heterocycles. The number of aryl methyl sites for hydroxylation is 2. The van der Waals surface area contributed by atoms with E-state index < -0.39 is 0 Å². The quantitative estimate of drug-likeness (QED) is 0.745. The Kier molecular flexibility index (Phi) is 3.37. The molecule has 116 valence electrons. The third-order valence-electron chi connectivity index (χ3n) is 4.35. The van der Waals surface area contributed by atoms with Gasteiger partial charge in [0.15, 0.2) is 10.8 Å². The first-order valence-corrected chi connectivity index (χ1v) is 8.53. The van der Waals surface area contributed by atoms with Gasteiger partial charge in [-0.05, 0) is 25.7 Å². The highest BCUT2D eigenvalue weighted by Crippen LogP contribution is 2.33. The highest BCUT2D eigenvalue weighted by atomic mass is 32.1. The molecule has 0 aliphatic carbocycles. The Balaban J connectivity index is 1.54. The van der Waals surface area contributed by atoms with Crippen molar-refractivity contribution in [2.75, 3.05) is 18.0 Å². The Morgan fingerprint density at radius 3 is 3.09 bits per heavy atom. The first-order chi connectivity index (χ1) is 10.7. The summed E-state index contributed by atoms with van der Waals surface area (Å²) in [5.74, 6) is 0.661. The second-order valence-electron chi connectivity index (χ2n) is 6.07. The molecule has 3 aromatic rings. The van der Waals surface area contributed by atoms with Crippen molar-refractivity contribution in [3.8, 4) is 0 Å². The zero-order valence-corrected chi connectivity index (χ0v) is 13.8. The second-order valence-corrected chi connectivity index (χ2v) is 7.05. The second kappa shape index (κ2) is 5.39. The average Bonchev–Trinajstić information content (AvgIpc) is 3.20. The van der Waals surface area contributed by atoms with Gasteiger partial charge in [-0.15, -0.1) is 0 Å². The van der Waals surface area contributed by atoms with Gasteiger partial charge in [0.05, 0.1) is 16.7 Å². The highest BCUT2D eigenvalue weighted by molar-refractivity contribution is 7.22. The standard InChI is InChI=1S/C15H20N6S/c1-11-13-14(19(2)18-11)17-15(22-13)21-6-3-4-12(9-21)8-20-7-5-16-10-20/h5,7,10,12H,3-4,6,8-9H2,1-2H3/t12-/m1/s1. The molecule has 0 unspecified atom stereocenters. The van der Waals surface area contributed by atoms with Crippen LogP contribution in [-0.2, 0) is 13.6 Å². The molecule has 0 bridgehead atoms. The lowest BCUT2D eigenvalue weighted by atomic mass is 9.98. The van der Waals surface area contributed by atoms with Crippen LogP contribution in [0.25, 0.3) is 10.3 Å². The van der Waals surface area contributed by atoms with Gasteiger partial charge < -0.3 is 9.47 Å². The van der Waals surface area contributed by atoms with Gasteiger partial charge in [0.2, 0.25) is 0 Å². The summed E-state index contributed by atoms with van der Waals surface area (Å²) < 4.78 is 5.28. The van der Waals surface area contributed by atoms with E-state index >= 15 is 0 Å². The van der Waals surface area contributed by atoms with Crippen LogP contribution in [0.3, 0.4) is 0 Å². The summed E-state index contributed by atoms with van der Waals surface area (Å²) in [4.78, 5) is 11.4. The SMILES string of the molecule is Cc1nn(C)c2nc(N3CCC[C@H](Cn4ccnc4)C3)sc12. The fourth-order valence-corrected chi connectivity index (χ4v) is 4.36. The molecule has 4 rings (SSSR count). The number of nitrogens with zero attached hydrogens (tertiary/aromatic N) is 6. The number of anilines is 1. The number of hydrogen-bond acceptors (Lipinski definition) is 5. The number of thiazole rings is 1. The number of rotatable bonds is 3. The minimum absolute atomic E-state index is 0.661. The zero-order chi connectivity index (χ0) is 15.1. The van der Waals surface area contributed by atoms with Crippen LogP contribution in [0.1, 0.15) is 18.5 Å². The van der Waals surface area contributed by atoms with E-state index in [9.17, 15) is 0 Å². The molecule has 0 N–H and O–H groups in total. The van der Waals surface area contributed by atoms with E-state index in [1.807, 2.05) is 30.5 Å². The number of piperidine rings is 1. The number of fused-ring (bicyclic) bond motifs is 1. The van der Waals surface area contributed by atoms with Gasteiger partial charge in [-0.1, -0.05) is 11.3 Å². The topological polar surface area (TPSA) is 51.8 Å². The van der Waals surface area contributed by atoms with Gasteiger partial charge in [-0.25, -0.2) is 14.6 Å². The molecule has 1 atom stereocenters. The van der Waals surface area contributed by atoms with E-state index in [4.69, 9.17) is 4.98 Å². The third kappa shape index (κ3) is 2.39. The molecule has 6 nitrogen and oxygen atoms in total. The minimum Gasteiger partial charge on any atom is -0.348 e. The maximum absolute atomic E-state index is 4.81. The molecular formula is C15H20N6S. The fraction of sp³-hybridized carbons (Fsp3) is 0.533. The van der Waals surface area contributed by atoms with Crippen molar-refractivity contribution in [2.45, 2.75) is 26.3 Å². The summed E-state index contributed by atoms with van der Waals surface area (Å²) >= 11 is 1.77. The molecular weight excluding hydrogens is 296 g/mol. The summed E-state index contributed by atoms with van der Waals surface area (Å²) in [6.45, 7) is 5.28. The van der Waals surface area contributed by atoms with Crippen LogP contribution in [0.15, 0.2) is 18.7 Å². The van der Waals surface area contributed by atoms with E-state index in [0.29, 0.717) is 5.92 Å². The Hall–Kier alpha value is -1.89. The van der Waals surface area contributed by atoms with Crippen LogP contribution in [0.4, 0.5) is 5.13 Å². The Morgan fingerprint density at radius 1 is 1.41 bits per heavy atom. The summed E-state index contributed by atoms with van der Waals surface area (Å²) in [5.41, 5.74) is 2.09. The molecule has 0 aromatic carbocycles. The third-order valence-corrected chi connectivity index (χ3v) is 5.57. The maximum Gasteiger partial charge on any atom is 0.188 e. The lowest BCUT2D eigenvalue weighted by Crippen LogP contribution is -2.36. The van der Waals surface area contributed by atoms with Crippen LogP contribution < -0.4 is 4.90 Å². The monoisotopic (exact) mass is 316 g/mol. The van der Waals surface area contributed by atoms with Gasteiger partial charge in [0, 0.05) is 39.1 Å².